The van der Waals surface area contributed by atoms with Crippen LogP contribution in [0.3, 0.4) is 0 Å². The van der Waals surface area contributed by atoms with E-state index in [0.29, 0.717) is 49.2 Å². The van der Waals surface area contributed by atoms with Crippen molar-refractivity contribution in [1.29, 1.82) is 0 Å². The molecule has 0 radical (unpaired) electrons. The number of hydrogen-bond acceptors (Lipinski definition) is 6. The van der Waals surface area contributed by atoms with Crippen LogP contribution in [0.15, 0.2) is 39.4 Å². The molecule has 0 aliphatic rings. The molecule has 130 valence electrons. The van der Waals surface area contributed by atoms with Crippen LogP contribution in [0, 0.1) is 3.57 Å². The summed E-state index contributed by atoms with van der Waals surface area (Å²) >= 11 is 2.08. The number of carbonyl (C=O) groups is 1. The fourth-order valence-corrected chi connectivity index (χ4v) is 3.31. The molecule has 0 aliphatic carbocycles. The van der Waals surface area contributed by atoms with Gasteiger partial charge in [-0.25, -0.2) is 0 Å². The van der Waals surface area contributed by atoms with E-state index in [-0.39, 0.29) is 0 Å². The summed E-state index contributed by atoms with van der Waals surface area (Å²) in [5.74, 6) is 2.87. The first kappa shape index (κ1) is 17.4. The zero-order chi connectivity index (χ0) is 18.0. The highest BCUT2D eigenvalue weighted by Gasteiger charge is 2.24. The molecule has 0 atom stereocenters. The third-order valence-corrected chi connectivity index (χ3v) is 4.75. The molecule has 7 heteroatoms. The lowest BCUT2D eigenvalue weighted by atomic mass is 10.1. The van der Waals surface area contributed by atoms with Gasteiger partial charge in [0.05, 0.1) is 36.7 Å². The SMILES string of the molecule is COc1cc(-c2oc(-c3ccco3)c(C=O)c2I)cc(OC)c1OC. The van der Waals surface area contributed by atoms with Crippen LogP contribution in [-0.2, 0) is 0 Å². The van der Waals surface area contributed by atoms with Crippen molar-refractivity contribution in [3.8, 4) is 40.1 Å². The summed E-state index contributed by atoms with van der Waals surface area (Å²) in [6.07, 6.45) is 2.28. The molecule has 3 aromatic rings. The summed E-state index contributed by atoms with van der Waals surface area (Å²) in [5, 5.41) is 0. The maximum atomic E-state index is 11.6. The zero-order valence-corrected chi connectivity index (χ0v) is 15.9. The molecule has 0 unspecified atom stereocenters. The highest BCUT2D eigenvalue weighted by atomic mass is 127. The van der Waals surface area contributed by atoms with Crippen molar-refractivity contribution in [3.05, 3.63) is 39.7 Å². The maximum absolute atomic E-state index is 11.6. The van der Waals surface area contributed by atoms with E-state index in [1.54, 1.807) is 38.5 Å². The fraction of sp³-hybridized carbons (Fsp3) is 0.167. The molecule has 0 aliphatic heterocycles. The first-order valence-corrected chi connectivity index (χ1v) is 8.34. The number of halogens is 1. The Kier molecular flexibility index (Phi) is 5.03. The number of ether oxygens (including phenoxy) is 3. The van der Waals surface area contributed by atoms with Crippen molar-refractivity contribution in [2.45, 2.75) is 0 Å². The molecule has 0 spiro atoms. The van der Waals surface area contributed by atoms with Crippen LogP contribution in [0.2, 0.25) is 0 Å². The number of furan rings is 2. The zero-order valence-electron chi connectivity index (χ0n) is 13.8. The molecule has 0 fully saturated rings. The van der Waals surface area contributed by atoms with Crippen LogP contribution < -0.4 is 14.2 Å². The van der Waals surface area contributed by atoms with E-state index in [0.717, 1.165) is 6.29 Å². The Labute approximate surface area is 157 Å². The minimum Gasteiger partial charge on any atom is -0.493 e. The Morgan fingerprint density at radius 1 is 1.04 bits per heavy atom. The van der Waals surface area contributed by atoms with Gasteiger partial charge in [-0.2, -0.15) is 0 Å². The fourth-order valence-electron chi connectivity index (χ4n) is 2.52. The van der Waals surface area contributed by atoms with Crippen LogP contribution in [-0.4, -0.2) is 27.6 Å². The van der Waals surface area contributed by atoms with Crippen molar-refractivity contribution in [2.24, 2.45) is 0 Å². The first-order chi connectivity index (χ1) is 12.1. The smallest absolute Gasteiger partial charge is 0.203 e. The van der Waals surface area contributed by atoms with E-state index in [4.69, 9.17) is 23.0 Å². The van der Waals surface area contributed by atoms with E-state index in [1.807, 2.05) is 0 Å². The van der Waals surface area contributed by atoms with Crippen LogP contribution >= 0.6 is 22.6 Å². The predicted molar refractivity (Wildman–Crippen MR) is 99.6 cm³/mol. The third-order valence-electron chi connectivity index (χ3n) is 3.67. The Balaban J connectivity index is 2.22. The molecule has 0 N–H and O–H groups in total. The van der Waals surface area contributed by atoms with Crippen LogP contribution in [0.1, 0.15) is 10.4 Å². The van der Waals surface area contributed by atoms with E-state index in [1.165, 1.54) is 13.4 Å². The minimum absolute atomic E-state index is 0.383. The highest BCUT2D eigenvalue weighted by molar-refractivity contribution is 14.1. The Bertz CT molecular complexity index is 870. The van der Waals surface area contributed by atoms with Crippen molar-refractivity contribution < 1.29 is 27.8 Å². The Morgan fingerprint density at radius 2 is 1.72 bits per heavy atom. The van der Waals surface area contributed by atoms with Gasteiger partial charge in [-0.15, -0.1) is 0 Å². The maximum Gasteiger partial charge on any atom is 0.203 e. The van der Waals surface area contributed by atoms with E-state index in [9.17, 15) is 4.79 Å². The van der Waals surface area contributed by atoms with Gasteiger partial charge >= 0.3 is 0 Å². The average Bonchev–Trinajstić information content (AvgIpc) is 3.27. The lowest BCUT2D eigenvalue weighted by molar-refractivity contribution is 0.112. The van der Waals surface area contributed by atoms with E-state index >= 15 is 0 Å². The molecule has 0 bridgehead atoms. The van der Waals surface area contributed by atoms with Gasteiger partial charge in [-0.3, -0.25) is 4.79 Å². The summed E-state index contributed by atoms with van der Waals surface area (Å²) in [7, 11) is 4.62. The molecule has 2 aromatic heterocycles. The second-order valence-electron chi connectivity index (χ2n) is 5.00. The summed E-state index contributed by atoms with van der Waals surface area (Å²) in [6, 6.07) is 7.00. The van der Waals surface area contributed by atoms with Crippen molar-refractivity contribution in [1.82, 2.24) is 0 Å². The molecule has 0 saturated heterocycles. The molecular formula is C18H15IO6. The second kappa shape index (κ2) is 7.22. The van der Waals surface area contributed by atoms with Gasteiger partial charge in [-0.1, -0.05) is 0 Å². The molecule has 6 nitrogen and oxygen atoms in total. The van der Waals surface area contributed by atoms with Crippen molar-refractivity contribution in [2.75, 3.05) is 21.3 Å². The monoisotopic (exact) mass is 454 g/mol. The summed E-state index contributed by atoms with van der Waals surface area (Å²) < 4.78 is 28.1. The van der Waals surface area contributed by atoms with Gasteiger partial charge in [0.1, 0.15) is 5.76 Å². The van der Waals surface area contributed by atoms with Gasteiger partial charge < -0.3 is 23.0 Å². The van der Waals surface area contributed by atoms with E-state index in [2.05, 4.69) is 22.6 Å². The van der Waals surface area contributed by atoms with E-state index < -0.39 is 0 Å². The van der Waals surface area contributed by atoms with Crippen molar-refractivity contribution in [3.63, 3.8) is 0 Å². The lowest BCUT2D eigenvalue weighted by Gasteiger charge is -2.13. The summed E-state index contributed by atoms with van der Waals surface area (Å²) in [4.78, 5) is 11.6. The molecule has 0 amide bonds. The quantitative estimate of drug-likeness (QED) is 0.399. The molecule has 25 heavy (non-hydrogen) atoms. The topological polar surface area (TPSA) is 71.0 Å². The standard InChI is InChI=1S/C18H15IO6/c1-21-13-7-10(8-14(22-2)18(13)23-3)16-15(19)11(9-20)17(25-16)12-5-4-6-24-12/h4-9H,1-3H3. The minimum atomic E-state index is 0.383. The lowest BCUT2D eigenvalue weighted by Crippen LogP contribution is -1.95. The number of aldehydes is 1. The molecular weight excluding hydrogens is 439 g/mol. The van der Waals surface area contributed by atoms with Gasteiger partial charge in [0.2, 0.25) is 5.75 Å². The molecule has 1 aromatic carbocycles. The molecule has 2 heterocycles. The molecule has 3 rings (SSSR count). The molecule has 0 saturated carbocycles. The summed E-state index contributed by atoms with van der Waals surface area (Å²) in [5.41, 5.74) is 1.12. The first-order valence-electron chi connectivity index (χ1n) is 7.26. The number of methoxy groups -OCH3 is 3. The second-order valence-corrected chi connectivity index (χ2v) is 6.08. The van der Waals surface area contributed by atoms with Crippen molar-refractivity contribution >= 4 is 28.9 Å². The third kappa shape index (κ3) is 2.99. The van der Waals surface area contributed by atoms with Gasteiger partial charge in [0.15, 0.2) is 29.3 Å². The van der Waals surface area contributed by atoms with Crippen LogP contribution in [0.5, 0.6) is 17.2 Å². The number of rotatable bonds is 6. The van der Waals surface area contributed by atoms with Crippen LogP contribution in [0.4, 0.5) is 0 Å². The highest BCUT2D eigenvalue weighted by Crippen LogP contribution is 2.44. The van der Waals surface area contributed by atoms with Gasteiger partial charge in [-0.05, 0) is 46.9 Å². The Hall–Kier alpha value is -2.42. The average molecular weight is 454 g/mol. The number of benzene rings is 1. The largest absolute Gasteiger partial charge is 0.493 e. The number of hydrogen-bond donors (Lipinski definition) is 0. The number of carbonyl (C=O) groups excluding carboxylic acids is 1. The van der Waals surface area contributed by atoms with Crippen LogP contribution in [0.25, 0.3) is 22.8 Å². The van der Waals surface area contributed by atoms with Gasteiger partial charge in [0, 0.05) is 5.56 Å². The summed E-state index contributed by atoms with van der Waals surface area (Å²) in [6.45, 7) is 0. The predicted octanol–water partition coefficient (Wildman–Crippen LogP) is 4.65. The van der Waals surface area contributed by atoms with Gasteiger partial charge in [0.25, 0.3) is 0 Å². The Morgan fingerprint density at radius 3 is 2.20 bits per heavy atom. The normalized spacial score (nSPS) is 10.6.